The van der Waals surface area contributed by atoms with Crippen LogP contribution in [0.25, 0.3) is 0 Å². The highest BCUT2D eigenvalue weighted by atomic mass is 16.5. The molecule has 0 amide bonds. The van der Waals surface area contributed by atoms with Gasteiger partial charge in [-0.3, -0.25) is 4.79 Å². The Morgan fingerprint density at radius 3 is 2.57 bits per heavy atom. The molecule has 0 aliphatic heterocycles. The number of rotatable bonds is 3. The fraction of sp³-hybridized carbons (Fsp3) is 0.200. The molecule has 0 atom stereocenters. The van der Waals surface area contributed by atoms with Crippen molar-refractivity contribution in [1.29, 1.82) is 0 Å². The molecule has 0 fully saturated rings. The molecule has 1 N–H and O–H groups in total. The molecule has 74 valence electrons. The molecule has 1 aromatic carbocycles. The number of ether oxygens (including phenoxy) is 1. The van der Waals surface area contributed by atoms with Crippen molar-refractivity contribution in [1.82, 2.24) is 0 Å². The van der Waals surface area contributed by atoms with Crippen molar-refractivity contribution in [3.63, 3.8) is 0 Å². The number of hydrogen-bond acceptors (Lipinski definition) is 3. The summed E-state index contributed by atoms with van der Waals surface area (Å²) in [5, 5.41) is 8.79. The number of carboxylic acids is 1. The Morgan fingerprint density at radius 2 is 2.14 bits per heavy atom. The lowest BCUT2D eigenvalue weighted by molar-refractivity contribution is 0.0696. The van der Waals surface area contributed by atoms with Gasteiger partial charge in [-0.15, -0.1) is 0 Å². The van der Waals surface area contributed by atoms with E-state index < -0.39 is 5.97 Å². The Labute approximate surface area is 81.1 Å². The van der Waals surface area contributed by atoms with Gasteiger partial charge in [0.25, 0.3) is 0 Å². The van der Waals surface area contributed by atoms with Gasteiger partial charge in [-0.25, -0.2) is 4.79 Å². The zero-order valence-electron chi connectivity index (χ0n) is 7.90. The van der Waals surface area contributed by atoms with Gasteiger partial charge in [0.05, 0.1) is 18.2 Å². The summed E-state index contributed by atoms with van der Waals surface area (Å²) in [6.45, 7) is 1.65. The fourth-order valence-electron chi connectivity index (χ4n) is 1.20. The molecule has 0 bridgehead atoms. The molecular formula is C10H10O4. The SMILES string of the molecule is COc1cc(C)c(C(=O)O)cc1C=O. The van der Waals surface area contributed by atoms with Gasteiger partial charge in [0, 0.05) is 0 Å². The first-order chi connectivity index (χ1) is 6.60. The van der Waals surface area contributed by atoms with Gasteiger partial charge >= 0.3 is 5.97 Å². The van der Waals surface area contributed by atoms with Gasteiger partial charge in [0.1, 0.15) is 5.75 Å². The van der Waals surface area contributed by atoms with Crippen molar-refractivity contribution in [2.45, 2.75) is 6.92 Å². The van der Waals surface area contributed by atoms with Crippen LogP contribution in [0.2, 0.25) is 0 Å². The lowest BCUT2D eigenvalue weighted by atomic mass is 10.0. The normalized spacial score (nSPS) is 9.57. The quantitative estimate of drug-likeness (QED) is 0.741. The first kappa shape index (κ1) is 10.2. The van der Waals surface area contributed by atoms with E-state index >= 15 is 0 Å². The number of aromatic carboxylic acids is 1. The Hall–Kier alpha value is -1.84. The van der Waals surface area contributed by atoms with Crippen LogP contribution in [0.5, 0.6) is 5.75 Å². The van der Waals surface area contributed by atoms with Crippen LogP contribution < -0.4 is 4.74 Å². The lowest BCUT2D eigenvalue weighted by Gasteiger charge is -2.07. The molecule has 4 heteroatoms. The minimum atomic E-state index is -1.05. The molecule has 14 heavy (non-hydrogen) atoms. The third-order valence-electron chi connectivity index (χ3n) is 1.93. The molecule has 4 nitrogen and oxygen atoms in total. The van der Waals surface area contributed by atoms with Gasteiger partial charge in [-0.1, -0.05) is 0 Å². The van der Waals surface area contributed by atoms with E-state index in [1.54, 1.807) is 6.92 Å². The molecule has 0 heterocycles. The first-order valence-corrected chi connectivity index (χ1v) is 3.97. The molecule has 1 rings (SSSR count). The zero-order chi connectivity index (χ0) is 10.7. The van der Waals surface area contributed by atoms with E-state index in [4.69, 9.17) is 9.84 Å². The molecule has 0 aliphatic carbocycles. The monoisotopic (exact) mass is 194 g/mol. The van der Waals surface area contributed by atoms with Crippen molar-refractivity contribution in [2.75, 3.05) is 7.11 Å². The van der Waals surface area contributed by atoms with E-state index in [1.165, 1.54) is 19.2 Å². The summed E-state index contributed by atoms with van der Waals surface area (Å²) in [6.07, 6.45) is 0.574. The average Bonchev–Trinajstić information content (AvgIpc) is 2.16. The van der Waals surface area contributed by atoms with E-state index in [0.717, 1.165) is 0 Å². The highest BCUT2D eigenvalue weighted by molar-refractivity contribution is 5.93. The lowest BCUT2D eigenvalue weighted by Crippen LogP contribution is -2.02. The van der Waals surface area contributed by atoms with Crippen LogP contribution in [-0.2, 0) is 0 Å². The molecule has 1 aromatic rings. The number of carbonyl (C=O) groups is 2. The number of benzene rings is 1. The minimum Gasteiger partial charge on any atom is -0.496 e. The van der Waals surface area contributed by atoms with E-state index in [-0.39, 0.29) is 11.1 Å². The number of methoxy groups -OCH3 is 1. The zero-order valence-corrected chi connectivity index (χ0v) is 7.90. The third-order valence-corrected chi connectivity index (χ3v) is 1.93. The number of carboxylic acid groups (broad SMARTS) is 1. The molecule has 0 spiro atoms. The van der Waals surface area contributed by atoms with Crippen LogP contribution in [0.3, 0.4) is 0 Å². The highest BCUT2D eigenvalue weighted by Crippen LogP contribution is 2.21. The predicted octanol–water partition coefficient (Wildman–Crippen LogP) is 1.51. The van der Waals surface area contributed by atoms with E-state index in [2.05, 4.69) is 0 Å². The topological polar surface area (TPSA) is 63.6 Å². The maximum atomic E-state index is 10.7. The summed E-state index contributed by atoms with van der Waals surface area (Å²) >= 11 is 0. The average molecular weight is 194 g/mol. The summed E-state index contributed by atoms with van der Waals surface area (Å²) in [6, 6.07) is 2.84. The Bertz CT molecular complexity index is 382. The second kappa shape index (κ2) is 3.91. The van der Waals surface area contributed by atoms with Crippen LogP contribution in [-0.4, -0.2) is 24.5 Å². The van der Waals surface area contributed by atoms with Gasteiger partial charge in [-0.2, -0.15) is 0 Å². The van der Waals surface area contributed by atoms with Crippen molar-refractivity contribution in [3.05, 3.63) is 28.8 Å². The van der Waals surface area contributed by atoms with Gasteiger partial charge in [-0.05, 0) is 24.6 Å². The van der Waals surface area contributed by atoms with Crippen LogP contribution in [0.4, 0.5) is 0 Å². The smallest absolute Gasteiger partial charge is 0.335 e. The maximum absolute atomic E-state index is 10.7. The van der Waals surface area contributed by atoms with Crippen LogP contribution in [0.15, 0.2) is 12.1 Å². The molecule has 0 aromatic heterocycles. The van der Waals surface area contributed by atoms with Crippen LogP contribution >= 0.6 is 0 Å². The third kappa shape index (κ3) is 1.74. The minimum absolute atomic E-state index is 0.118. The van der Waals surface area contributed by atoms with Crippen molar-refractivity contribution < 1.29 is 19.4 Å². The predicted molar refractivity (Wildman–Crippen MR) is 50.1 cm³/mol. The van der Waals surface area contributed by atoms with E-state index in [0.29, 0.717) is 17.6 Å². The van der Waals surface area contributed by atoms with Crippen molar-refractivity contribution in [3.8, 4) is 5.75 Å². The van der Waals surface area contributed by atoms with Crippen molar-refractivity contribution >= 4 is 12.3 Å². The largest absolute Gasteiger partial charge is 0.496 e. The van der Waals surface area contributed by atoms with Gasteiger partial charge in [0.2, 0.25) is 0 Å². The summed E-state index contributed by atoms with van der Waals surface area (Å²) < 4.78 is 4.93. The molecule has 0 unspecified atom stereocenters. The summed E-state index contributed by atoms with van der Waals surface area (Å²) in [4.78, 5) is 21.3. The molecule has 0 saturated heterocycles. The summed E-state index contributed by atoms with van der Waals surface area (Å²) in [5.74, 6) is -0.657. The first-order valence-electron chi connectivity index (χ1n) is 3.97. The van der Waals surface area contributed by atoms with Crippen LogP contribution in [0, 0.1) is 6.92 Å². The van der Waals surface area contributed by atoms with E-state index in [9.17, 15) is 9.59 Å². The Balaban J connectivity index is 3.37. The highest BCUT2D eigenvalue weighted by Gasteiger charge is 2.11. The summed E-state index contributed by atoms with van der Waals surface area (Å²) in [7, 11) is 1.43. The number of hydrogen-bond donors (Lipinski definition) is 1. The molecular weight excluding hydrogens is 184 g/mol. The fourth-order valence-corrected chi connectivity index (χ4v) is 1.20. The number of aldehydes is 1. The second-order valence-corrected chi connectivity index (χ2v) is 2.83. The molecule has 0 saturated carbocycles. The maximum Gasteiger partial charge on any atom is 0.335 e. The van der Waals surface area contributed by atoms with Gasteiger partial charge in [0.15, 0.2) is 6.29 Å². The van der Waals surface area contributed by atoms with Crippen molar-refractivity contribution in [2.24, 2.45) is 0 Å². The molecule has 0 radical (unpaired) electrons. The second-order valence-electron chi connectivity index (χ2n) is 2.83. The van der Waals surface area contributed by atoms with E-state index in [1.807, 2.05) is 0 Å². The Kier molecular flexibility index (Phi) is 2.86. The number of aryl methyl sites for hydroxylation is 1. The van der Waals surface area contributed by atoms with Gasteiger partial charge < -0.3 is 9.84 Å². The summed E-state index contributed by atoms with van der Waals surface area (Å²) in [5.41, 5.74) is 0.934. The molecule has 0 aliphatic rings. The standard InChI is InChI=1S/C10H10O4/c1-6-3-9(14-2)7(5-11)4-8(6)10(12)13/h3-5H,1-2H3,(H,12,13). The number of carbonyl (C=O) groups excluding carboxylic acids is 1. The Morgan fingerprint density at radius 1 is 1.50 bits per heavy atom. The van der Waals surface area contributed by atoms with Crippen LogP contribution in [0.1, 0.15) is 26.3 Å².